The summed E-state index contributed by atoms with van der Waals surface area (Å²) in [5, 5.41) is 7.55. The smallest absolute Gasteiger partial charge is 0.224 e. The first-order chi connectivity index (χ1) is 10.2. The van der Waals surface area contributed by atoms with E-state index in [-0.39, 0.29) is 0 Å². The van der Waals surface area contributed by atoms with Gasteiger partial charge in [-0.3, -0.25) is 0 Å². The molecule has 0 amide bonds. The molecule has 1 aromatic heterocycles. The van der Waals surface area contributed by atoms with E-state index < -0.39 is 0 Å². The van der Waals surface area contributed by atoms with Gasteiger partial charge in [0.1, 0.15) is 5.82 Å². The van der Waals surface area contributed by atoms with Crippen LogP contribution < -0.4 is 10.6 Å². The maximum atomic E-state index is 6.17. The van der Waals surface area contributed by atoms with Gasteiger partial charge in [0.25, 0.3) is 0 Å². The highest BCUT2D eigenvalue weighted by Crippen LogP contribution is 2.31. The molecule has 2 aromatic rings. The second kappa shape index (κ2) is 6.50. The fourth-order valence-corrected chi connectivity index (χ4v) is 2.84. The fourth-order valence-electron chi connectivity index (χ4n) is 2.49. The Morgan fingerprint density at radius 3 is 2.71 bits per heavy atom. The van der Waals surface area contributed by atoms with Gasteiger partial charge >= 0.3 is 0 Å². The normalized spacial score (nSPS) is 15.1. The second-order valence-corrected chi connectivity index (χ2v) is 5.90. The Kier molecular flexibility index (Phi) is 4.46. The summed E-state index contributed by atoms with van der Waals surface area (Å²) in [4.78, 5) is 8.73. The Morgan fingerprint density at radius 1 is 1.10 bits per heavy atom. The van der Waals surface area contributed by atoms with Crippen LogP contribution in [0.25, 0.3) is 0 Å². The van der Waals surface area contributed by atoms with Crippen molar-refractivity contribution in [2.24, 2.45) is 0 Å². The van der Waals surface area contributed by atoms with Gasteiger partial charge in [-0.25, -0.2) is 4.98 Å². The minimum Gasteiger partial charge on any atom is -0.351 e. The highest BCUT2D eigenvalue weighted by atomic mass is 35.5. The zero-order chi connectivity index (χ0) is 14.7. The highest BCUT2D eigenvalue weighted by Gasteiger charge is 2.15. The van der Waals surface area contributed by atoms with E-state index in [1.165, 1.54) is 25.7 Å². The molecule has 0 aliphatic heterocycles. The monoisotopic (exact) mass is 322 g/mol. The summed E-state index contributed by atoms with van der Waals surface area (Å²) in [5.74, 6) is 1.33. The minimum absolute atomic E-state index is 0.481. The average molecular weight is 323 g/mol. The average Bonchev–Trinajstić information content (AvgIpc) is 2.97. The molecule has 110 valence electrons. The number of halogens is 2. The molecular formula is C15H16Cl2N4. The summed E-state index contributed by atoms with van der Waals surface area (Å²) in [5.41, 5.74) is 0.731. The largest absolute Gasteiger partial charge is 0.351 e. The summed E-state index contributed by atoms with van der Waals surface area (Å²) < 4.78 is 0. The lowest BCUT2D eigenvalue weighted by Gasteiger charge is -2.13. The SMILES string of the molecule is Clc1cccc(Nc2ccnc(NC3CCCC3)n2)c1Cl. The molecule has 0 saturated heterocycles. The number of hydrogen-bond acceptors (Lipinski definition) is 4. The molecule has 1 heterocycles. The molecule has 1 fully saturated rings. The van der Waals surface area contributed by atoms with E-state index in [0.29, 0.717) is 27.9 Å². The van der Waals surface area contributed by atoms with Crippen molar-refractivity contribution in [3.8, 4) is 0 Å². The van der Waals surface area contributed by atoms with Crippen molar-refractivity contribution < 1.29 is 0 Å². The van der Waals surface area contributed by atoms with Gasteiger partial charge in [0, 0.05) is 12.2 Å². The number of nitrogens with one attached hydrogen (secondary N) is 2. The zero-order valence-electron chi connectivity index (χ0n) is 11.4. The lowest BCUT2D eigenvalue weighted by atomic mass is 10.2. The molecule has 0 unspecified atom stereocenters. The summed E-state index contributed by atoms with van der Waals surface area (Å²) in [6.45, 7) is 0. The first kappa shape index (κ1) is 14.4. The first-order valence-electron chi connectivity index (χ1n) is 7.03. The lowest BCUT2D eigenvalue weighted by Crippen LogP contribution is -2.16. The number of rotatable bonds is 4. The fraction of sp³-hybridized carbons (Fsp3) is 0.333. The van der Waals surface area contributed by atoms with Crippen LogP contribution in [0.4, 0.5) is 17.5 Å². The molecule has 0 radical (unpaired) electrons. The predicted molar refractivity (Wildman–Crippen MR) is 87.7 cm³/mol. The third-order valence-electron chi connectivity index (χ3n) is 3.56. The van der Waals surface area contributed by atoms with Gasteiger partial charge in [0.05, 0.1) is 15.7 Å². The van der Waals surface area contributed by atoms with Gasteiger partial charge < -0.3 is 10.6 Å². The molecule has 3 rings (SSSR count). The molecule has 1 aromatic carbocycles. The van der Waals surface area contributed by atoms with Crippen molar-refractivity contribution in [2.75, 3.05) is 10.6 Å². The highest BCUT2D eigenvalue weighted by molar-refractivity contribution is 6.43. The van der Waals surface area contributed by atoms with Crippen LogP contribution in [0.5, 0.6) is 0 Å². The molecule has 21 heavy (non-hydrogen) atoms. The van der Waals surface area contributed by atoms with Gasteiger partial charge in [0.2, 0.25) is 5.95 Å². The molecule has 0 atom stereocenters. The topological polar surface area (TPSA) is 49.8 Å². The van der Waals surface area contributed by atoms with Gasteiger partial charge in [0.15, 0.2) is 0 Å². The van der Waals surface area contributed by atoms with Crippen LogP contribution >= 0.6 is 23.2 Å². The van der Waals surface area contributed by atoms with Crippen LogP contribution in [-0.2, 0) is 0 Å². The molecule has 1 aliphatic carbocycles. The van der Waals surface area contributed by atoms with Crippen molar-refractivity contribution in [1.29, 1.82) is 0 Å². The summed E-state index contributed by atoms with van der Waals surface area (Å²) in [6.07, 6.45) is 6.63. The molecule has 0 spiro atoms. The standard InChI is InChI=1S/C15H16Cl2N4/c16-11-6-3-7-12(14(11)17)20-13-8-9-18-15(21-13)19-10-4-1-2-5-10/h3,6-10H,1-2,4-5H2,(H2,18,19,20,21). The van der Waals surface area contributed by atoms with E-state index in [4.69, 9.17) is 23.2 Å². The Bertz CT molecular complexity index is 627. The molecule has 0 bridgehead atoms. The van der Waals surface area contributed by atoms with E-state index in [9.17, 15) is 0 Å². The number of anilines is 3. The molecular weight excluding hydrogens is 307 g/mol. The predicted octanol–water partition coefficient (Wildman–Crippen LogP) is 4.88. The first-order valence-corrected chi connectivity index (χ1v) is 7.78. The Hall–Kier alpha value is -1.52. The number of benzene rings is 1. The summed E-state index contributed by atoms with van der Waals surface area (Å²) in [6, 6.07) is 7.74. The molecule has 1 saturated carbocycles. The van der Waals surface area contributed by atoms with Crippen molar-refractivity contribution >= 4 is 40.7 Å². The quantitative estimate of drug-likeness (QED) is 0.842. The Balaban J connectivity index is 1.74. The van der Waals surface area contributed by atoms with E-state index >= 15 is 0 Å². The van der Waals surface area contributed by atoms with Crippen molar-refractivity contribution in [2.45, 2.75) is 31.7 Å². The molecule has 6 heteroatoms. The van der Waals surface area contributed by atoms with E-state index in [1.54, 1.807) is 18.3 Å². The third kappa shape index (κ3) is 3.57. The van der Waals surface area contributed by atoms with Gasteiger partial charge in [-0.05, 0) is 31.0 Å². The Labute approximate surface area is 133 Å². The maximum Gasteiger partial charge on any atom is 0.224 e. The molecule has 1 aliphatic rings. The van der Waals surface area contributed by atoms with Crippen LogP contribution in [-0.4, -0.2) is 16.0 Å². The minimum atomic E-state index is 0.481. The van der Waals surface area contributed by atoms with Crippen molar-refractivity contribution in [1.82, 2.24) is 9.97 Å². The second-order valence-electron chi connectivity index (χ2n) is 5.12. The van der Waals surface area contributed by atoms with Gasteiger partial charge in [-0.15, -0.1) is 0 Å². The zero-order valence-corrected chi connectivity index (χ0v) is 13.0. The summed E-state index contributed by atoms with van der Waals surface area (Å²) >= 11 is 12.2. The van der Waals surface area contributed by atoms with Crippen LogP contribution in [0.1, 0.15) is 25.7 Å². The van der Waals surface area contributed by atoms with Crippen molar-refractivity contribution in [3.63, 3.8) is 0 Å². The Morgan fingerprint density at radius 2 is 1.90 bits per heavy atom. The number of hydrogen-bond donors (Lipinski definition) is 2. The number of aromatic nitrogens is 2. The van der Waals surface area contributed by atoms with E-state index in [1.807, 2.05) is 12.1 Å². The van der Waals surface area contributed by atoms with Gasteiger partial charge in [-0.2, -0.15) is 4.98 Å². The number of nitrogens with zero attached hydrogens (tertiary/aromatic N) is 2. The third-order valence-corrected chi connectivity index (χ3v) is 4.38. The van der Waals surface area contributed by atoms with Crippen LogP contribution in [0, 0.1) is 0 Å². The molecule has 2 N–H and O–H groups in total. The van der Waals surface area contributed by atoms with Crippen LogP contribution in [0.2, 0.25) is 10.0 Å². The summed E-state index contributed by atoms with van der Waals surface area (Å²) in [7, 11) is 0. The van der Waals surface area contributed by atoms with Crippen LogP contribution in [0.3, 0.4) is 0 Å². The van der Waals surface area contributed by atoms with Crippen LogP contribution in [0.15, 0.2) is 30.5 Å². The van der Waals surface area contributed by atoms with E-state index in [0.717, 1.165) is 5.69 Å². The van der Waals surface area contributed by atoms with Gasteiger partial charge in [-0.1, -0.05) is 42.1 Å². The van der Waals surface area contributed by atoms with Crippen molar-refractivity contribution in [3.05, 3.63) is 40.5 Å². The lowest BCUT2D eigenvalue weighted by molar-refractivity contribution is 0.744. The molecule has 4 nitrogen and oxygen atoms in total. The van der Waals surface area contributed by atoms with E-state index in [2.05, 4.69) is 20.6 Å². The maximum absolute atomic E-state index is 6.17.